The maximum atomic E-state index is 12.1. The third kappa shape index (κ3) is 8.99. The van der Waals surface area contributed by atoms with E-state index in [4.69, 9.17) is 4.74 Å². The van der Waals surface area contributed by atoms with E-state index >= 15 is 0 Å². The molecule has 2 rings (SSSR count). The third-order valence-electron chi connectivity index (χ3n) is 4.35. The number of carbonyl (C=O) groups excluding carboxylic acids is 1. The highest BCUT2D eigenvalue weighted by atomic mass is 32.1. The molecule has 9 heteroatoms. The summed E-state index contributed by atoms with van der Waals surface area (Å²) in [5.41, 5.74) is -0.447. The zero-order valence-electron chi connectivity index (χ0n) is 18.5. The van der Waals surface area contributed by atoms with Crippen molar-refractivity contribution >= 4 is 23.4 Å². The van der Waals surface area contributed by atoms with Gasteiger partial charge in [-0.15, -0.1) is 11.3 Å². The molecule has 1 aliphatic rings. The molecule has 1 aromatic rings. The van der Waals surface area contributed by atoms with Crippen molar-refractivity contribution in [2.75, 3.05) is 52.4 Å². The van der Waals surface area contributed by atoms with Crippen LogP contribution in [-0.4, -0.2) is 84.8 Å². The molecule has 0 spiro atoms. The van der Waals surface area contributed by atoms with Gasteiger partial charge in [-0.25, -0.2) is 9.78 Å². The van der Waals surface area contributed by atoms with Gasteiger partial charge in [0, 0.05) is 63.3 Å². The van der Waals surface area contributed by atoms with E-state index in [1.54, 1.807) is 16.2 Å². The molecule has 0 aromatic carbocycles. The summed E-state index contributed by atoms with van der Waals surface area (Å²) in [5, 5.41) is 7.81. The number of rotatable bonds is 7. The van der Waals surface area contributed by atoms with Crippen LogP contribution in [0, 0.1) is 6.92 Å². The molecule has 0 aliphatic carbocycles. The van der Waals surface area contributed by atoms with Crippen molar-refractivity contribution < 1.29 is 9.53 Å². The second-order valence-corrected chi connectivity index (χ2v) is 9.43. The van der Waals surface area contributed by atoms with Crippen LogP contribution in [0.4, 0.5) is 4.79 Å². The van der Waals surface area contributed by atoms with Gasteiger partial charge in [0.15, 0.2) is 5.96 Å². The molecule has 1 fully saturated rings. The van der Waals surface area contributed by atoms with Crippen LogP contribution in [0.15, 0.2) is 11.2 Å². The average molecular weight is 425 g/mol. The summed E-state index contributed by atoms with van der Waals surface area (Å²) in [6.45, 7) is 16.2. The fourth-order valence-corrected chi connectivity index (χ4v) is 3.72. The molecule has 1 saturated heterocycles. The first kappa shape index (κ1) is 23.4. The van der Waals surface area contributed by atoms with Gasteiger partial charge in [-0.1, -0.05) is 0 Å². The Labute approximate surface area is 178 Å². The normalized spacial score (nSPS) is 16.0. The monoisotopic (exact) mass is 424 g/mol. The summed E-state index contributed by atoms with van der Waals surface area (Å²) in [5.74, 6) is 0.841. The van der Waals surface area contributed by atoms with E-state index in [1.807, 2.05) is 27.0 Å². The van der Waals surface area contributed by atoms with Gasteiger partial charge in [0.2, 0.25) is 0 Å². The van der Waals surface area contributed by atoms with Crippen LogP contribution in [0.3, 0.4) is 0 Å². The Hall–Kier alpha value is -1.87. The summed E-state index contributed by atoms with van der Waals surface area (Å²) >= 11 is 1.74. The van der Waals surface area contributed by atoms with Crippen molar-refractivity contribution in [1.82, 2.24) is 25.4 Å². The molecule has 1 amide bonds. The topological polar surface area (TPSA) is 82.1 Å². The summed E-state index contributed by atoms with van der Waals surface area (Å²) in [6, 6.07) is 0. The van der Waals surface area contributed by atoms with Gasteiger partial charge in [0.1, 0.15) is 5.60 Å². The highest BCUT2D eigenvalue weighted by molar-refractivity contribution is 7.11. The highest BCUT2D eigenvalue weighted by Gasteiger charge is 2.25. The van der Waals surface area contributed by atoms with Gasteiger partial charge in [-0.05, 0) is 34.6 Å². The molecule has 8 nitrogen and oxygen atoms in total. The zero-order valence-corrected chi connectivity index (χ0v) is 19.3. The van der Waals surface area contributed by atoms with Crippen molar-refractivity contribution in [1.29, 1.82) is 0 Å². The minimum absolute atomic E-state index is 0.218. The lowest BCUT2D eigenvalue weighted by molar-refractivity contribution is 0.0148. The molecular weight excluding hydrogens is 388 g/mol. The third-order valence-corrected chi connectivity index (χ3v) is 5.33. The molecule has 0 radical (unpaired) electrons. The zero-order chi connectivity index (χ0) is 21.3. The van der Waals surface area contributed by atoms with Gasteiger partial charge in [0.25, 0.3) is 0 Å². The van der Waals surface area contributed by atoms with Gasteiger partial charge in [-0.2, -0.15) is 0 Å². The summed E-state index contributed by atoms with van der Waals surface area (Å²) in [6.07, 6.45) is 2.60. The van der Waals surface area contributed by atoms with Crippen molar-refractivity contribution in [3.8, 4) is 0 Å². The second-order valence-electron chi connectivity index (χ2n) is 8.11. The first-order chi connectivity index (χ1) is 13.8. The predicted molar refractivity (Wildman–Crippen MR) is 119 cm³/mol. The number of aryl methyl sites for hydroxylation is 1. The Bertz CT molecular complexity index is 662. The van der Waals surface area contributed by atoms with E-state index in [9.17, 15) is 4.79 Å². The predicted octanol–water partition coefficient (Wildman–Crippen LogP) is 2.10. The van der Waals surface area contributed by atoms with E-state index in [0.29, 0.717) is 13.1 Å². The Morgan fingerprint density at radius 3 is 2.59 bits per heavy atom. The van der Waals surface area contributed by atoms with Gasteiger partial charge in [0.05, 0.1) is 11.6 Å². The van der Waals surface area contributed by atoms with Crippen molar-refractivity contribution in [3.05, 3.63) is 16.1 Å². The lowest BCUT2D eigenvalue weighted by Gasteiger charge is -2.35. The number of thiazole rings is 1. The first-order valence-electron chi connectivity index (χ1n) is 10.4. The Morgan fingerprint density at radius 2 is 2.00 bits per heavy atom. The number of nitrogens with zero attached hydrogens (tertiary/aromatic N) is 4. The molecule has 0 unspecified atom stereocenters. The SMILES string of the molecule is CCNC(=NCCN1CCN(C(=O)OC(C)(C)C)CC1)NCCc1ncc(C)s1. The number of hydrogen-bond acceptors (Lipinski definition) is 6. The molecule has 29 heavy (non-hydrogen) atoms. The average Bonchev–Trinajstić information content (AvgIpc) is 3.06. The Morgan fingerprint density at radius 1 is 1.28 bits per heavy atom. The van der Waals surface area contributed by atoms with E-state index in [0.717, 1.165) is 56.7 Å². The molecule has 2 heterocycles. The molecule has 0 saturated carbocycles. The van der Waals surface area contributed by atoms with Crippen LogP contribution in [-0.2, 0) is 11.2 Å². The number of carbonyl (C=O) groups is 1. The lowest BCUT2D eigenvalue weighted by Crippen LogP contribution is -2.50. The van der Waals surface area contributed by atoms with E-state index in [-0.39, 0.29) is 6.09 Å². The molecule has 0 bridgehead atoms. The van der Waals surface area contributed by atoms with E-state index in [1.165, 1.54) is 4.88 Å². The molecule has 164 valence electrons. The molecular formula is C20H36N6O2S. The van der Waals surface area contributed by atoms with Crippen molar-refractivity contribution in [2.45, 2.75) is 46.6 Å². The van der Waals surface area contributed by atoms with Gasteiger partial charge >= 0.3 is 6.09 Å². The number of nitrogens with one attached hydrogen (secondary N) is 2. The minimum atomic E-state index is -0.447. The highest BCUT2D eigenvalue weighted by Crippen LogP contribution is 2.12. The molecule has 2 N–H and O–H groups in total. The number of amides is 1. The number of ether oxygens (including phenoxy) is 1. The molecule has 1 aromatic heterocycles. The van der Waals surface area contributed by atoms with Crippen LogP contribution >= 0.6 is 11.3 Å². The number of aliphatic imine (C=N–C) groups is 1. The Balaban J connectivity index is 1.69. The van der Waals surface area contributed by atoms with Crippen molar-refractivity contribution in [3.63, 3.8) is 0 Å². The van der Waals surface area contributed by atoms with E-state index < -0.39 is 5.60 Å². The van der Waals surface area contributed by atoms with Crippen LogP contribution in [0.2, 0.25) is 0 Å². The standard InChI is InChI=1S/C20H36N6O2S/c1-6-21-18(22-8-7-17-24-15-16(2)29-17)23-9-10-25-11-13-26(14-12-25)19(27)28-20(3,4)5/h15H,6-14H2,1-5H3,(H2,21,22,23). The Kier molecular flexibility index (Phi) is 9.16. The van der Waals surface area contributed by atoms with E-state index in [2.05, 4.69) is 39.4 Å². The lowest BCUT2D eigenvalue weighted by atomic mass is 10.2. The fraction of sp³-hybridized carbons (Fsp3) is 0.750. The van der Waals surface area contributed by atoms with Gasteiger partial charge in [-0.3, -0.25) is 9.89 Å². The number of aromatic nitrogens is 1. The van der Waals surface area contributed by atoms with Crippen LogP contribution in [0.25, 0.3) is 0 Å². The van der Waals surface area contributed by atoms with Crippen LogP contribution in [0.1, 0.15) is 37.6 Å². The van der Waals surface area contributed by atoms with Crippen LogP contribution in [0.5, 0.6) is 0 Å². The minimum Gasteiger partial charge on any atom is -0.444 e. The summed E-state index contributed by atoms with van der Waals surface area (Å²) in [7, 11) is 0. The number of piperazine rings is 1. The fourth-order valence-electron chi connectivity index (χ4n) is 2.93. The molecule has 0 atom stereocenters. The largest absolute Gasteiger partial charge is 0.444 e. The molecule has 1 aliphatic heterocycles. The van der Waals surface area contributed by atoms with Gasteiger partial charge < -0.3 is 20.3 Å². The number of hydrogen-bond donors (Lipinski definition) is 2. The summed E-state index contributed by atoms with van der Waals surface area (Å²) < 4.78 is 5.45. The smallest absolute Gasteiger partial charge is 0.410 e. The number of guanidine groups is 1. The van der Waals surface area contributed by atoms with Crippen molar-refractivity contribution in [2.24, 2.45) is 4.99 Å². The quantitative estimate of drug-likeness (QED) is 0.515. The maximum absolute atomic E-state index is 12.1. The maximum Gasteiger partial charge on any atom is 0.410 e. The van der Waals surface area contributed by atoms with Crippen LogP contribution < -0.4 is 10.6 Å². The first-order valence-corrected chi connectivity index (χ1v) is 11.2. The second kappa shape index (κ2) is 11.3. The summed E-state index contributed by atoms with van der Waals surface area (Å²) in [4.78, 5) is 26.6.